The van der Waals surface area contributed by atoms with Gasteiger partial charge in [0.05, 0.1) is 0 Å². The van der Waals surface area contributed by atoms with E-state index in [1.165, 1.54) is 22.6 Å². The summed E-state index contributed by atoms with van der Waals surface area (Å²) >= 11 is 3.32. The van der Waals surface area contributed by atoms with E-state index in [9.17, 15) is 4.39 Å². The molecule has 0 amide bonds. The summed E-state index contributed by atoms with van der Waals surface area (Å²) in [5.74, 6) is 0.543. The predicted octanol–water partition coefficient (Wildman–Crippen LogP) is 5.79. The molecule has 0 N–H and O–H groups in total. The predicted molar refractivity (Wildman–Crippen MR) is 98.8 cm³/mol. The Hall–Kier alpha value is -2.24. The summed E-state index contributed by atoms with van der Waals surface area (Å²) in [5, 5.41) is 2.04. The van der Waals surface area contributed by atoms with Crippen LogP contribution in [-0.4, -0.2) is 9.97 Å². The van der Waals surface area contributed by atoms with Crippen LogP contribution < -0.4 is 0 Å². The Morgan fingerprint density at radius 3 is 2.54 bits per heavy atom. The van der Waals surface area contributed by atoms with Crippen molar-refractivity contribution in [3.63, 3.8) is 0 Å². The van der Waals surface area contributed by atoms with Gasteiger partial charge in [0.15, 0.2) is 0 Å². The zero-order chi connectivity index (χ0) is 16.4. The number of aromatic nitrogens is 2. The van der Waals surface area contributed by atoms with Gasteiger partial charge in [-0.3, -0.25) is 0 Å². The topological polar surface area (TPSA) is 25.8 Å². The van der Waals surface area contributed by atoms with Crippen molar-refractivity contribution in [3.05, 3.63) is 78.4 Å². The highest BCUT2D eigenvalue weighted by Gasteiger charge is 2.10. The number of thioether (sulfide) groups is 1. The van der Waals surface area contributed by atoms with Gasteiger partial charge in [-0.05, 0) is 29.3 Å². The van der Waals surface area contributed by atoms with Gasteiger partial charge in [0.2, 0.25) is 0 Å². The lowest BCUT2D eigenvalue weighted by Crippen LogP contribution is -1.86. The zero-order valence-corrected chi connectivity index (χ0v) is 14.3. The molecule has 0 atom stereocenters. The second kappa shape index (κ2) is 6.71. The minimum atomic E-state index is -0.210. The fourth-order valence-corrected chi connectivity index (χ4v) is 4.42. The van der Waals surface area contributed by atoms with Gasteiger partial charge in [-0.15, -0.1) is 23.1 Å². The first-order valence-corrected chi connectivity index (χ1v) is 9.27. The van der Waals surface area contributed by atoms with Crippen LogP contribution in [0, 0.1) is 5.82 Å². The molecular formula is C19H13FN2S2. The van der Waals surface area contributed by atoms with Crippen molar-refractivity contribution in [2.75, 3.05) is 0 Å². The average Bonchev–Trinajstić information content (AvgIpc) is 3.07. The maximum Gasteiger partial charge on any atom is 0.128 e. The normalized spacial score (nSPS) is 11.0. The number of fused-ring (bicyclic) bond motifs is 1. The van der Waals surface area contributed by atoms with Crippen LogP contribution in [0.15, 0.2) is 72.0 Å². The Balaban J connectivity index is 1.63. The van der Waals surface area contributed by atoms with Crippen LogP contribution in [0.5, 0.6) is 0 Å². The standard InChI is InChI=1S/C19H13FN2S2/c20-15-8-6-13(7-9-15)11-23-18-16-10-17(14-4-2-1-3-5-14)24-19(16)22-12-21-18/h1-10,12H,11H2. The highest BCUT2D eigenvalue weighted by Crippen LogP contribution is 2.36. The van der Waals surface area contributed by atoms with Crippen molar-refractivity contribution < 1.29 is 4.39 Å². The summed E-state index contributed by atoms with van der Waals surface area (Å²) in [7, 11) is 0. The second-order valence-electron chi connectivity index (χ2n) is 5.29. The molecule has 0 radical (unpaired) electrons. The summed E-state index contributed by atoms with van der Waals surface area (Å²) in [5.41, 5.74) is 2.27. The maximum absolute atomic E-state index is 13.0. The summed E-state index contributed by atoms with van der Waals surface area (Å²) in [4.78, 5) is 11.0. The molecule has 0 bridgehead atoms. The first-order valence-electron chi connectivity index (χ1n) is 7.47. The van der Waals surface area contributed by atoms with Crippen molar-refractivity contribution in [2.45, 2.75) is 10.8 Å². The van der Waals surface area contributed by atoms with Crippen molar-refractivity contribution in [3.8, 4) is 10.4 Å². The third kappa shape index (κ3) is 3.18. The molecule has 0 aliphatic carbocycles. The van der Waals surface area contributed by atoms with Gasteiger partial charge in [0.1, 0.15) is 22.0 Å². The van der Waals surface area contributed by atoms with E-state index in [4.69, 9.17) is 0 Å². The molecule has 5 heteroatoms. The molecule has 2 aromatic heterocycles. The maximum atomic E-state index is 13.0. The van der Waals surface area contributed by atoms with Gasteiger partial charge in [-0.25, -0.2) is 14.4 Å². The van der Waals surface area contributed by atoms with Crippen LogP contribution in [0.4, 0.5) is 4.39 Å². The molecule has 2 heterocycles. The summed E-state index contributed by atoms with van der Waals surface area (Å²) in [6.45, 7) is 0. The Bertz CT molecular complexity index is 966. The van der Waals surface area contributed by atoms with E-state index in [1.54, 1.807) is 29.4 Å². The lowest BCUT2D eigenvalue weighted by Gasteiger charge is -2.02. The molecule has 0 aliphatic rings. The molecule has 0 unspecified atom stereocenters. The van der Waals surface area contributed by atoms with E-state index in [0.29, 0.717) is 0 Å². The molecule has 0 saturated heterocycles. The number of benzene rings is 2. The first kappa shape index (κ1) is 15.3. The molecular weight excluding hydrogens is 339 g/mol. The van der Waals surface area contributed by atoms with Crippen LogP contribution in [0.2, 0.25) is 0 Å². The Kier molecular flexibility index (Phi) is 4.28. The molecule has 0 saturated carbocycles. The van der Waals surface area contributed by atoms with Gasteiger partial charge in [-0.2, -0.15) is 0 Å². The summed E-state index contributed by atoms with van der Waals surface area (Å²) < 4.78 is 13.0. The van der Waals surface area contributed by atoms with Gasteiger partial charge < -0.3 is 0 Å². The van der Waals surface area contributed by atoms with Crippen molar-refractivity contribution in [1.29, 1.82) is 0 Å². The molecule has 2 nitrogen and oxygen atoms in total. The number of thiophene rings is 1. The molecule has 0 spiro atoms. The van der Waals surface area contributed by atoms with E-state index < -0.39 is 0 Å². The van der Waals surface area contributed by atoms with Gasteiger partial charge in [0, 0.05) is 16.0 Å². The summed E-state index contributed by atoms with van der Waals surface area (Å²) in [6.07, 6.45) is 1.61. The Morgan fingerprint density at radius 1 is 0.958 bits per heavy atom. The van der Waals surface area contributed by atoms with E-state index in [-0.39, 0.29) is 5.82 Å². The Morgan fingerprint density at radius 2 is 1.75 bits per heavy atom. The van der Waals surface area contributed by atoms with Gasteiger partial charge >= 0.3 is 0 Å². The number of rotatable bonds is 4. The second-order valence-corrected chi connectivity index (χ2v) is 7.28. The van der Waals surface area contributed by atoms with Crippen LogP contribution in [-0.2, 0) is 5.75 Å². The lowest BCUT2D eigenvalue weighted by molar-refractivity contribution is 0.627. The number of hydrogen-bond acceptors (Lipinski definition) is 4. The minimum Gasteiger partial charge on any atom is -0.229 e. The molecule has 0 aliphatic heterocycles. The van der Waals surface area contributed by atoms with Crippen molar-refractivity contribution in [2.24, 2.45) is 0 Å². The molecule has 24 heavy (non-hydrogen) atoms. The lowest BCUT2D eigenvalue weighted by atomic mass is 10.2. The quantitative estimate of drug-likeness (QED) is 0.343. The largest absolute Gasteiger partial charge is 0.229 e. The first-order chi connectivity index (χ1) is 11.8. The minimum absolute atomic E-state index is 0.210. The Labute approximate surface area is 147 Å². The van der Waals surface area contributed by atoms with Crippen molar-refractivity contribution >= 4 is 33.3 Å². The van der Waals surface area contributed by atoms with Crippen molar-refractivity contribution in [1.82, 2.24) is 9.97 Å². The van der Waals surface area contributed by atoms with Crippen LogP contribution in [0.1, 0.15) is 5.56 Å². The fraction of sp³-hybridized carbons (Fsp3) is 0.0526. The molecule has 2 aromatic carbocycles. The fourth-order valence-electron chi connectivity index (χ4n) is 2.43. The van der Waals surface area contributed by atoms with Gasteiger partial charge in [0.25, 0.3) is 0 Å². The highest BCUT2D eigenvalue weighted by atomic mass is 32.2. The number of hydrogen-bond donors (Lipinski definition) is 0. The monoisotopic (exact) mass is 352 g/mol. The van der Waals surface area contributed by atoms with Crippen LogP contribution in [0.3, 0.4) is 0 Å². The molecule has 4 aromatic rings. The van der Waals surface area contributed by atoms with Crippen LogP contribution in [0.25, 0.3) is 20.7 Å². The SMILES string of the molecule is Fc1ccc(CSc2ncnc3sc(-c4ccccc4)cc23)cc1. The number of nitrogens with zero attached hydrogens (tertiary/aromatic N) is 2. The smallest absolute Gasteiger partial charge is 0.128 e. The molecule has 4 rings (SSSR count). The average molecular weight is 352 g/mol. The number of halogens is 1. The third-order valence-electron chi connectivity index (χ3n) is 3.64. The molecule has 0 fully saturated rings. The van der Waals surface area contributed by atoms with E-state index in [1.807, 2.05) is 30.3 Å². The molecule has 118 valence electrons. The zero-order valence-electron chi connectivity index (χ0n) is 12.6. The van der Waals surface area contributed by atoms with E-state index in [0.717, 1.165) is 26.6 Å². The van der Waals surface area contributed by atoms with E-state index >= 15 is 0 Å². The van der Waals surface area contributed by atoms with E-state index in [2.05, 4.69) is 28.2 Å². The van der Waals surface area contributed by atoms with Gasteiger partial charge in [-0.1, -0.05) is 42.5 Å². The third-order valence-corrected chi connectivity index (χ3v) is 5.81. The highest BCUT2D eigenvalue weighted by molar-refractivity contribution is 7.98. The summed E-state index contributed by atoms with van der Waals surface area (Å²) in [6, 6.07) is 19.0. The van der Waals surface area contributed by atoms with Crippen LogP contribution >= 0.6 is 23.1 Å².